The number of phosphoric ester groups is 2. The van der Waals surface area contributed by atoms with Crippen LogP contribution in [0.25, 0.3) is 0 Å². The van der Waals surface area contributed by atoms with Gasteiger partial charge in [-0.05, 0) is 37.5 Å². The molecule has 19 heteroatoms. The molecule has 0 amide bonds. The number of hydrogen-bond acceptors (Lipinski definition) is 15. The Morgan fingerprint density at radius 2 is 0.442 bits per heavy atom. The molecule has 17 nitrogen and oxygen atoms in total. The largest absolute Gasteiger partial charge is 0.472 e. The predicted molar refractivity (Wildman–Crippen MR) is 428 cm³/mol. The highest BCUT2D eigenvalue weighted by atomic mass is 31.2. The molecule has 0 bridgehead atoms. The molecule has 0 aromatic heterocycles. The average Bonchev–Trinajstić information content (AvgIpc) is 0.907. The lowest BCUT2D eigenvalue weighted by atomic mass is 10.0. The summed E-state index contributed by atoms with van der Waals surface area (Å²) in [5.74, 6) is -0.607. The van der Waals surface area contributed by atoms with Crippen LogP contribution in [0.1, 0.15) is 452 Å². The number of phosphoric acid groups is 2. The van der Waals surface area contributed by atoms with Crippen molar-refractivity contribution in [3.63, 3.8) is 0 Å². The van der Waals surface area contributed by atoms with Gasteiger partial charge in [0.15, 0.2) is 12.2 Å². The number of carbonyl (C=O) groups is 4. The first-order chi connectivity index (χ1) is 50.4. The van der Waals surface area contributed by atoms with E-state index in [1.165, 1.54) is 263 Å². The van der Waals surface area contributed by atoms with Gasteiger partial charge in [-0.25, -0.2) is 9.13 Å². The molecule has 0 radical (unpaired) electrons. The van der Waals surface area contributed by atoms with Crippen LogP contribution >= 0.6 is 15.6 Å². The standard InChI is InChI=1S/C85H166O17P2/c1-7-9-11-13-15-17-19-21-22-23-24-25-26-30-33-37-40-44-48-55-61-67-82(87)95-73-80(101-84(89)70-64-58-50-46-42-38-34-31-28-27-29-32-36-39-43-47-53-59-65-77(3)4)75-99-103(91,92)97-71-79(86)72-98-104(93,94)100-76-81(74-96-83(88)68-62-56-52-51-54-60-66-78(5)6)102-85(90)69-63-57-49-45-41-35-20-18-16-14-12-10-8-2/h77-81,86H,7-76H2,1-6H3,(H,91,92)(H,93,94)/t79-,80-,81-/m1/s1. The summed E-state index contributed by atoms with van der Waals surface area (Å²) in [6.07, 6.45) is 68.4. The Morgan fingerprint density at radius 3 is 0.654 bits per heavy atom. The second-order valence-corrected chi connectivity index (χ2v) is 34.4. The molecule has 0 spiro atoms. The van der Waals surface area contributed by atoms with Gasteiger partial charge in [0.05, 0.1) is 26.4 Å². The molecule has 0 saturated heterocycles. The molecule has 0 aromatic carbocycles. The Morgan fingerprint density at radius 1 is 0.260 bits per heavy atom. The summed E-state index contributed by atoms with van der Waals surface area (Å²) in [5.41, 5.74) is 0. The maximum atomic E-state index is 13.1. The minimum atomic E-state index is -4.96. The van der Waals surface area contributed by atoms with Crippen molar-refractivity contribution in [2.45, 2.75) is 471 Å². The van der Waals surface area contributed by atoms with Crippen molar-refractivity contribution in [2.24, 2.45) is 11.8 Å². The quantitative estimate of drug-likeness (QED) is 0.0222. The molecule has 0 aliphatic rings. The van der Waals surface area contributed by atoms with Crippen LogP contribution in [0.15, 0.2) is 0 Å². The maximum absolute atomic E-state index is 13.1. The number of hydrogen-bond donors (Lipinski definition) is 3. The van der Waals surface area contributed by atoms with E-state index in [4.69, 9.17) is 37.0 Å². The molecular weight excluding hydrogens is 1350 g/mol. The second-order valence-electron chi connectivity index (χ2n) is 31.5. The van der Waals surface area contributed by atoms with E-state index in [1.807, 2.05) is 0 Å². The van der Waals surface area contributed by atoms with Crippen LogP contribution in [0, 0.1) is 11.8 Å². The van der Waals surface area contributed by atoms with Gasteiger partial charge in [-0.2, -0.15) is 0 Å². The molecule has 5 atom stereocenters. The van der Waals surface area contributed by atoms with Gasteiger partial charge < -0.3 is 33.8 Å². The van der Waals surface area contributed by atoms with Crippen LogP contribution in [-0.2, 0) is 65.4 Å². The van der Waals surface area contributed by atoms with Crippen LogP contribution in [0.4, 0.5) is 0 Å². The van der Waals surface area contributed by atoms with Crippen LogP contribution in [0.3, 0.4) is 0 Å². The van der Waals surface area contributed by atoms with Crippen molar-refractivity contribution in [1.29, 1.82) is 0 Å². The Kier molecular flexibility index (Phi) is 75.0. The number of aliphatic hydroxyl groups is 1. The lowest BCUT2D eigenvalue weighted by Crippen LogP contribution is -2.30. The van der Waals surface area contributed by atoms with Crippen molar-refractivity contribution in [2.75, 3.05) is 39.6 Å². The molecule has 618 valence electrons. The predicted octanol–water partition coefficient (Wildman–Crippen LogP) is 25.8. The Hall–Kier alpha value is -1.94. The fraction of sp³-hybridized carbons (Fsp3) is 0.953. The van der Waals surface area contributed by atoms with E-state index in [0.717, 1.165) is 102 Å². The van der Waals surface area contributed by atoms with Crippen molar-refractivity contribution in [3.8, 4) is 0 Å². The van der Waals surface area contributed by atoms with Crippen molar-refractivity contribution in [1.82, 2.24) is 0 Å². The highest BCUT2D eigenvalue weighted by molar-refractivity contribution is 7.47. The lowest BCUT2D eigenvalue weighted by molar-refractivity contribution is -0.161. The van der Waals surface area contributed by atoms with Crippen LogP contribution in [0.2, 0.25) is 0 Å². The minimum Gasteiger partial charge on any atom is -0.462 e. The first kappa shape index (κ1) is 102. The first-order valence-corrected chi connectivity index (χ1v) is 47.0. The third-order valence-electron chi connectivity index (χ3n) is 20.0. The molecule has 0 fully saturated rings. The van der Waals surface area contributed by atoms with E-state index in [2.05, 4.69) is 41.5 Å². The van der Waals surface area contributed by atoms with Crippen LogP contribution in [-0.4, -0.2) is 96.7 Å². The molecule has 0 rings (SSSR count). The van der Waals surface area contributed by atoms with E-state index in [1.54, 1.807) is 0 Å². The first-order valence-electron chi connectivity index (χ1n) is 44.0. The fourth-order valence-corrected chi connectivity index (χ4v) is 14.8. The number of ether oxygens (including phenoxy) is 4. The highest BCUT2D eigenvalue weighted by Gasteiger charge is 2.30. The highest BCUT2D eigenvalue weighted by Crippen LogP contribution is 2.45. The molecule has 2 unspecified atom stereocenters. The number of unbranched alkanes of at least 4 members (excludes halogenated alkanes) is 54. The van der Waals surface area contributed by atoms with Gasteiger partial charge in [-0.3, -0.25) is 37.3 Å². The van der Waals surface area contributed by atoms with Crippen LogP contribution in [0.5, 0.6) is 0 Å². The molecule has 0 aromatic rings. The Balaban J connectivity index is 5.19. The van der Waals surface area contributed by atoms with Gasteiger partial charge in [0.2, 0.25) is 0 Å². The van der Waals surface area contributed by atoms with E-state index in [-0.39, 0.29) is 25.7 Å². The van der Waals surface area contributed by atoms with Gasteiger partial charge in [0.25, 0.3) is 0 Å². The third kappa shape index (κ3) is 78.2. The average molecular weight is 1520 g/mol. The molecule has 0 heterocycles. The summed E-state index contributed by atoms with van der Waals surface area (Å²) < 4.78 is 68.8. The Labute approximate surface area is 638 Å². The summed E-state index contributed by atoms with van der Waals surface area (Å²) in [6, 6.07) is 0. The SMILES string of the molecule is CCCCCCCCCCCCCCCCCCCCCCCC(=O)OC[C@H](COP(=O)(O)OC[C@@H](O)COP(=O)(O)OC[C@@H](COC(=O)CCCCCCCCC(C)C)OC(=O)CCCCCCCCCCCCCCC)OC(=O)CCCCCCCCCCCCCCCCCCCCC(C)C. The Bertz CT molecular complexity index is 1990. The monoisotopic (exact) mass is 1520 g/mol. The van der Waals surface area contributed by atoms with Crippen molar-refractivity contribution in [3.05, 3.63) is 0 Å². The van der Waals surface area contributed by atoms with Crippen molar-refractivity contribution < 1.29 is 80.2 Å². The smallest absolute Gasteiger partial charge is 0.462 e. The number of rotatable bonds is 84. The van der Waals surface area contributed by atoms with Gasteiger partial charge in [0, 0.05) is 25.7 Å². The molecular formula is C85H166O17P2. The van der Waals surface area contributed by atoms with Crippen LogP contribution < -0.4 is 0 Å². The van der Waals surface area contributed by atoms with Gasteiger partial charge in [-0.15, -0.1) is 0 Å². The number of esters is 4. The van der Waals surface area contributed by atoms with Crippen molar-refractivity contribution >= 4 is 39.5 Å². The van der Waals surface area contributed by atoms with E-state index >= 15 is 0 Å². The fourth-order valence-electron chi connectivity index (χ4n) is 13.2. The van der Waals surface area contributed by atoms with E-state index in [0.29, 0.717) is 31.6 Å². The van der Waals surface area contributed by atoms with E-state index in [9.17, 15) is 43.2 Å². The molecule has 0 aliphatic heterocycles. The summed E-state index contributed by atoms with van der Waals surface area (Å²) >= 11 is 0. The third-order valence-corrected chi connectivity index (χ3v) is 21.9. The second kappa shape index (κ2) is 76.4. The molecule has 0 saturated carbocycles. The molecule has 104 heavy (non-hydrogen) atoms. The normalized spacial score (nSPS) is 13.8. The zero-order valence-electron chi connectivity index (χ0n) is 68.3. The zero-order chi connectivity index (χ0) is 76.4. The van der Waals surface area contributed by atoms with Gasteiger partial charge >= 0.3 is 39.5 Å². The summed E-state index contributed by atoms with van der Waals surface area (Å²) in [4.78, 5) is 73.1. The number of aliphatic hydroxyl groups excluding tert-OH is 1. The van der Waals surface area contributed by atoms with E-state index < -0.39 is 97.5 Å². The van der Waals surface area contributed by atoms with Gasteiger partial charge in [0.1, 0.15) is 19.3 Å². The van der Waals surface area contributed by atoms with Gasteiger partial charge in [-0.1, -0.05) is 401 Å². The molecule has 3 N–H and O–H groups in total. The maximum Gasteiger partial charge on any atom is 0.472 e. The topological polar surface area (TPSA) is 237 Å². The summed E-state index contributed by atoms with van der Waals surface area (Å²) in [7, 11) is -9.92. The molecule has 0 aliphatic carbocycles. The summed E-state index contributed by atoms with van der Waals surface area (Å²) in [6.45, 7) is 9.61. The zero-order valence-corrected chi connectivity index (χ0v) is 70.1. The lowest BCUT2D eigenvalue weighted by Gasteiger charge is -2.21. The minimum absolute atomic E-state index is 0.107. The number of carbonyl (C=O) groups excluding carboxylic acids is 4. The summed E-state index contributed by atoms with van der Waals surface area (Å²) in [5, 5.41) is 10.7.